The highest BCUT2D eigenvalue weighted by Gasteiger charge is 2.38. The maximum Gasteiger partial charge on any atom is 0.148 e. The summed E-state index contributed by atoms with van der Waals surface area (Å²) >= 11 is 0. The predicted molar refractivity (Wildman–Crippen MR) is 238 cm³/mol. The highest BCUT2D eigenvalue weighted by atomic mass is 32.3. The van der Waals surface area contributed by atoms with Gasteiger partial charge in [0.05, 0.1) is 11.4 Å². The van der Waals surface area contributed by atoms with E-state index in [1.165, 1.54) is 43.0 Å². The number of para-hydroxylation sites is 4. The molecule has 1 aliphatic heterocycles. The van der Waals surface area contributed by atoms with E-state index >= 15 is 0 Å². The zero-order valence-corrected chi connectivity index (χ0v) is 32.2. The minimum atomic E-state index is -1.38. The summed E-state index contributed by atoms with van der Waals surface area (Å²) in [6, 6.07) is 73.7. The average molecular weight is 741 g/mol. The molecule has 0 aliphatic carbocycles. The molecule has 0 amide bonds. The second-order valence-electron chi connectivity index (χ2n) is 14.6. The summed E-state index contributed by atoms with van der Waals surface area (Å²) in [5.41, 5.74) is 13.3. The zero-order valence-electron chi connectivity index (χ0n) is 31.3. The van der Waals surface area contributed by atoms with Gasteiger partial charge in [0, 0.05) is 60.7 Å². The number of hydrogen-bond donors (Lipinski definition) is 0. The van der Waals surface area contributed by atoms with Crippen molar-refractivity contribution in [2.45, 2.75) is 9.79 Å². The summed E-state index contributed by atoms with van der Waals surface area (Å²) in [7, 11) is -1.38. The van der Waals surface area contributed by atoms with Crippen LogP contribution in [0.1, 0.15) is 0 Å². The molecule has 0 spiro atoms. The fourth-order valence-electron chi connectivity index (χ4n) is 8.34. The van der Waals surface area contributed by atoms with Crippen LogP contribution in [0.3, 0.4) is 0 Å². The summed E-state index contributed by atoms with van der Waals surface area (Å²) in [4.78, 5) is 7.40. The molecule has 3 nitrogen and oxygen atoms in total. The van der Waals surface area contributed by atoms with Crippen LogP contribution < -0.4 is 9.80 Å². The summed E-state index contributed by atoms with van der Waals surface area (Å²) < 4.78 is 7.06. The van der Waals surface area contributed by atoms with E-state index in [9.17, 15) is 0 Å². The van der Waals surface area contributed by atoms with E-state index in [1.807, 2.05) is 0 Å². The smallest absolute Gasteiger partial charge is 0.148 e. The first-order valence-electron chi connectivity index (χ1n) is 19.0. The Kier molecular flexibility index (Phi) is 8.35. The standard InChI is InChI=1S/C52H40N2OS/c1-56(2)50-34-32-41(53(39-23-11-5-12-24-39)47-29-17-15-27-43(47)37-19-7-3-8-20-37)35-46(50)51-52(56)45-33-31-42(36-49(45)55-51)54(40-25-13-6-14-26-40)48-30-18-16-28-44(48)38-21-9-4-10-22-38/h3-36H,1-2H3. The Labute approximate surface area is 330 Å². The van der Waals surface area contributed by atoms with Gasteiger partial charge in [-0.15, -0.1) is 0 Å². The molecule has 0 saturated heterocycles. The largest absolute Gasteiger partial charge is 0.455 e. The van der Waals surface area contributed by atoms with Crippen molar-refractivity contribution in [3.63, 3.8) is 0 Å². The molecule has 0 fully saturated rings. The first-order valence-corrected chi connectivity index (χ1v) is 21.4. The number of rotatable bonds is 8. The Hall–Kier alpha value is -6.75. The number of fused-ring (bicyclic) bond motifs is 5. The fourth-order valence-corrected chi connectivity index (χ4v) is 11.0. The van der Waals surface area contributed by atoms with Gasteiger partial charge in [-0.05, 0) is 90.4 Å². The molecule has 56 heavy (non-hydrogen) atoms. The van der Waals surface area contributed by atoms with Crippen LogP contribution in [0.25, 0.3) is 44.5 Å². The molecular formula is C52H40N2OS. The maximum atomic E-state index is 7.06. The molecule has 2 heterocycles. The van der Waals surface area contributed by atoms with Gasteiger partial charge in [-0.25, -0.2) is 0 Å². The Bertz CT molecular complexity index is 2830. The minimum absolute atomic E-state index is 0.900. The SMILES string of the molecule is CS1(C)c2ccc(N(c3ccccc3)c3ccccc3-c3ccccc3)cc2-c2oc3cc(N(c4ccccc4)c4ccccc4-c4ccccc4)ccc3c21. The Morgan fingerprint density at radius 2 is 0.839 bits per heavy atom. The molecule has 10 rings (SSSR count). The second-order valence-corrected chi connectivity index (χ2v) is 18.1. The highest BCUT2D eigenvalue weighted by molar-refractivity contribution is 8.33. The van der Waals surface area contributed by atoms with Crippen LogP contribution >= 0.6 is 10.0 Å². The van der Waals surface area contributed by atoms with Gasteiger partial charge in [0.15, 0.2) is 0 Å². The first-order chi connectivity index (χ1) is 27.6. The number of anilines is 6. The molecule has 0 radical (unpaired) electrons. The quantitative estimate of drug-likeness (QED) is 0.155. The van der Waals surface area contributed by atoms with Gasteiger partial charge >= 0.3 is 0 Å². The molecule has 1 aliphatic rings. The average Bonchev–Trinajstić information content (AvgIpc) is 3.75. The molecule has 0 atom stereocenters. The van der Waals surface area contributed by atoms with Crippen LogP contribution in [0, 0.1) is 0 Å². The fraction of sp³-hybridized carbons (Fsp3) is 0.0385. The molecule has 0 bridgehead atoms. The van der Waals surface area contributed by atoms with E-state index in [0.717, 1.165) is 45.5 Å². The van der Waals surface area contributed by atoms with Crippen molar-refractivity contribution in [3.05, 3.63) is 206 Å². The van der Waals surface area contributed by atoms with E-state index < -0.39 is 10.0 Å². The summed E-state index contributed by atoms with van der Waals surface area (Å²) in [5, 5.41) is 1.18. The zero-order chi connectivity index (χ0) is 37.6. The normalized spacial score (nSPS) is 13.2. The first kappa shape index (κ1) is 33.8. The summed E-state index contributed by atoms with van der Waals surface area (Å²) in [5.74, 6) is 0.981. The lowest BCUT2D eigenvalue weighted by Crippen LogP contribution is -2.11. The van der Waals surface area contributed by atoms with Crippen LogP contribution in [0.2, 0.25) is 0 Å². The Morgan fingerprint density at radius 1 is 0.393 bits per heavy atom. The van der Waals surface area contributed by atoms with E-state index in [4.69, 9.17) is 4.42 Å². The van der Waals surface area contributed by atoms with Gasteiger partial charge in [-0.1, -0.05) is 133 Å². The topological polar surface area (TPSA) is 19.6 Å². The molecule has 8 aromatic carbocycles. The second kappa shape index (κ2) is 13.8. The van der Waals surface area contributed by atoms with E-state index in [1.54, 1.807) is 0 Å². The molecule has 1 aromatic heterocycles. The molecule has 4 heteroatoms. The van der Waals surface area contributed by atoms with Gasteiger partial charge in [0.2, 0.25) is 0 Å². The lowest BCUT2D eigenvalue weighted by molar-refractivity contribution is 0.625. The lowest BCUT2D eigenvalue weighted by Gasteiger charge is -2.30. The van der Waals surface area contributed by atoms with Crippen molar-refractivity contribution in [2.24, 2.45) is 0 Å². The molecular weight excluding hydrogens is 701 g/mol. The van der Waals surface area contributed by atoms with E-state index in [0.29, 0.717) is 0 Å². The van der Waals surface area contributed by atoms with Crippen molar-refractivity contribution in [2.75, 3.05) is 22.3 Å². The number of nitrogens with zero attached hydrogens (tertiary/aromatic N) is 2. The van der Waals surface area contributed by atoms with Crippen molar-refractivity contribution in [3.8, 4) is 33.6 Å². The molecule has 0 saturated carbocycles. The number of hydrogen-bond acceptors (Lipinski definition) is 3. The van der Waals surface area contributed by atoms with Crippen LogP contribution in [-0.4, -0.2) is 12.5 Å². The maximum absolute atomic E-state index is 7.06. The predicted octanol–water partition coefficient (Wildman–Crippen LogP) is 15.2. The minimum Gasteiger partial charge on any atom is -0.455 e. The molecule has 9 aromatic rings. The van der Waals surface area contributed by atoms with Gasteiger partial charge in [-0.2, -0.15) is 10.0 Å². The van der Waals surface area contributed by atoms with Crippen LogP contribution in [0.15, 0.2) is 220 Å². The van der Waals surface area contributed by atoms with Crippen LogP contribution in [-0.2, 0) is 0 Å². The van der Waals surface area contributed by atoms with Gasteiger partial charge in [0.25, 0.3) is 0 Å². The van der Waals surface area contributed by atoms with Crippen LogP contribution in [0.4, 0.5) is 34.1 Å². The summed E-state index contributed by atoms with van der Waals surface area (Å²) in [6.45, 7) is 0. The number of benzene rings is 8. The Morgan fingerprint density at radius 3 is 1.38 bits per heavy atom. The summed E-state index contributed by atoms with van der Waals surface area (Å²) in [6.07, 6.45) is 4.82. The van der Waals surface area contributed by atoms with Crippen molar-refractivity contribution >= 4 is 55.1 Å². The monoisotopic (exact) mass is 740 g/mol. The molecule has 0 unspecified atom stereocenters. The third kappa shape index (κ3) is 5.69. The highest BCUT2D eigenvalue weighted by Crippen LogP contribution is 2.70. The third-order valence-corrected chi connectivity index (χ3v) is 13.8. The van der Waals surface area contributed by atoms with Gasteiger partial charge in [-0.3, -0.25) is 0 Å². The van der Waals surface area contributed by atoms with E-state index in [2.05, 4.69) is 229 Å². The van der Waals surface area contributed by atoms with Crippen LogP contribution in [0.5, 0.6) is 0 Å². The van der Waals surface area contributed by atoms with Crippen molar-refractivity contribution < 1.29 is 4.42 Å². The van der Waals surface area contributed by atoms with Gasteiger partial charge in [0.1, 0.15) is 11.3 Å². The lowest BCUT2D eigenvalue weighted by atomic mass is 10.0. The Balaban J connectivity index is 1.13. The van der Waals surface area contributed by atoms with Gasteiger partial charge < -0.3 is 14.2 Å². The molecule has 0 N–H and O–H groups in total. The van der Waals surface area contributed by atoms with Crippen molar-refractivity contribution in [1.29, 1.82) is 0 Å². The number of furan rings is 1. The van der Waals surface area contributed by atoms with Crippen molar-refractivity contribution in [1.82, 2.24) is 0 Å². The van der Waals surface area contributed by atoms with E-state index in [-0.39, 0.29) is 0 Å². The third-order valence-electron chi connectivity index (χ3n) is 10.9. The molecule has 270 valence electrons.